The predicted octanol–water partition coefficient (Wildman–Crippen LogP) is 3.51. The van der Waals surface area contributed by atoms with E-state index < -0.39 is 0 Å². The number of hydrogen-bond acceptors (Lipinski definition) is 1. The van der Waals surface area contributed by atoms with Crippen LogP contribution in [0.15, 0.2) is 0 Å². The van der Waals surface area contributed by atoms with E-state index in [0.29, 0.717) is 0 Å². The number of halogens is 1. The van der Waals surface area contributed by atoms with Crippen LogP contribution in [0.1, 0.15) is 46.0 Å². The molecule has 2 rings (SSSR count). The number of alkyl halides is 1. The summed E-state index contributed by atoms with van der Waals surface area (Å²) in [5.74, 6) is 0.841. The van der Waals surface area contributed by atoms with E-state index in [9.17, 15) is 0 Å². The Hall–Kier alpha value is 0.440. The molecule has 0 aromatic carbocycles. The first kappa shape index (κ1) is 9.97. The molecule has 1 nitrogen and oxygen atoms in total. The zero-order valence-electron chi connectivity index (χ0n) is 8.61. The van der Waals surface area contributed by atoms with E-state index in [0.717, 1.165) is 11.2 Å². The summed E-state index contributed by atoms with van der Waals surface area (Å²) in [5, 5.41) is 0.975. The number of hydrogen-bond donors (Lipinski definition) is 0. The molecular formula is C11H19BrO. The topological polar surface area (TPSA) is 9.23 Å². The first-order valence-electron chi connectivity index (χ1n) is 5.34. The van der Waals surface area contributed by atoms with E-state index in [-0.39, 0.29) is 11.2 Å². The van der Waals surface area contributed by atoms with E-state index >= 15 is 0 Å². The van der Waals surface area contributed by atoms with Crippen molar-refractivity contribution in [2.24, 2.45) is 5.92 Å². The van der Waals surface area contributed by atoms with Gasteiger partial charge in [0.1, 0.15) is 0 Å². The molecule has 1 saturated heterocycles. The maximum absolute atomic E-state index is 6.24. The summed E-state index contributed by atoms with van der Waals surface area (Å²) in [7, 11) is 0. The van der Waals surface area contributed by atoms with Gasteiger partial charge in [0.15, 0.2) is 0 Å². The second-order valence-corrected chi connectivity index (χ2v) is 5.69. The van der Waals surface area contributed by atoms with Crippen LogP contribution in [0, 0.1) is 5.92 Å². The standard InChI is InChI=1S/C11H19BrO/c1-10(8-12)6-7-11(2,13-10)9-4-3-5-9/h9H,3-8H2,1-2H3. The van der Waals surface area contributed by atoms with E-state index in [4.69, 9.17) is 4.74 Å². The van der Waals surface area contributed by atoms with Crippen LogP contribution in [-0.2, 0) is 4.74 Å². The summed E-state index contributed by atoms with van der Waals surface area (Å²) < 4.78 is 6.24. The molecule has 2 fully saturated rings. The van der Waals surface area contributed by atoms with Crippen LogP contribution in [0.25, 0.3) is 0 Å². The molecule has 0 N–H and O–H groups in total. The second-order valence-electron chi connectivity index (χ2n) is 5.13. The van der Waals surface area contributed by atoms with Crippen LogP contribution in [0.5, 0.6) is 0 Å². The molecule has 0 amide bonds. The van der Waals surface area contributed by atoms with Crippen LogP contribution >= 0.6 is 15.9 Å². The lowest BCUT2D eigenvalue weighted by Crippen LogP contribution is -2.41. The second kappa shape index (κ2) is 3.23. The molecule has 1 heterocycles. The molecule has 2 unspecified atom stereocenters. The minimum Gasteiger partial charge on any atom is -0.368 e. The van der Waals surface area contributed by atoms with Crippen LogP contribution in [-0.4, -0.2) is 16.5 Å². The van der Waals surface area contributed by atoms with Crippen molar-refractivity contribution < 1.29 is 4.74 Å². The average molecular weight is 247 g/mol. The highest BCUT2D eigenvalue weighted by molar-refractivity contribution is 9.09. The SMILES string of the molecule is CC1(CBr)CCC(C)(C2CCC2)O1. The molecule has 2 atom stereocenters. The molecule has 76 valence electrons. The lowest BCUT2D eigenvalue weighted by molar-refractivity contribution is -0.120. The van der Waals surface area contributed by atoms with E-state index in [1.807, 2.05) is 0 Å². The average Bonchev–Trinajstić information content (AvgIpc) is 2.25. The summed E-state index contributed by atoms with van der Waals surface area (Å²) >= 11 is 3.55. The van der Waals surface area contributed by atoms with E-state index in [1.165, 1.54) is 32.1 Å². The Morgan fingerprint density at radius 1 is 1.31 bits per heavy atom. The van der Waals surface area contributed by atoms with Crippen LogP contribution < -0.4 is 0 Å². The fourth-order valence-electron chi connectivity index (χ4n) is 2.58. The van der Waals surface area contributed by atoms with Gasteiger partial charge in [0, 0.05) is 5.33 Å². The lowest BCUT2D eigenvalue weighted by atomic mass is 9.72. The molecule has 1 aliphatic heterocycles. The normalized spacial score (nSPS) is 46.4. The third kappa shape index (κ3) is 1.68. The van der Waals surface area contributed by atoms with Gasteiger partial charge in [-0.05, 0) is 45.4 Å². The zero-order valence-corrected chi connectivity index (χ0v) is 10.2. The van der Waals surface area contributed by atoms with Gasteiger partial charge < -0.3 is 4.74 Å². The van der Waals surface area contributed by atoms with Gasteiger partial charge in [0.25, 0.3) is 0 Å². The minimum absolute atomic E-state index is 0.102. The third-order valence-electron chi connectivity index (χ3n) is 3.88. The van der Waals surface area contributed by atoms with E-state index in [2.05, 4.69) is 29.8 Å². The Labute approximate surface area is 89.4 Å². The van der Waals surface area contributed by atoms with Gasteiger partial charge in [-0.1, -0.05) is 22.4 Å². The van der Waals surface area contributed by atoms with Gasteiger partial charge in [-0.15, -0.1) is 0 Å². The predicted molar refractivity (Wildman–Crippen MR) is 58.3 cm³/mol. The molecule has 1 saturated carbocycles. The Bertz CT molecular complexity index is 202. The fourth-order valence-corrected chi connectivity index (χ4v) is 2.97. The maximum atomic E-state index is 6.24. The highest BCUT2D eigenvalue weighted by atomic mass is 79.9. The summed E-state index contributed by atoms with van der Waals surface area (Å²) in [6.45, 7) is 4.54. The Balaban J connectivity index is 2.02. The molecule has 1 aliphatic carbocycles. The molecule has 0 spiro atoms. The summed E-state index contributed by atoms with van der Waals surface area (Å²) in [6.07, 6.45) is 6.64. The highest BCUT2D eigenvalue weighted by Gasteiger charge is 2.48. The summed E-state index contributed by atoms with van der Waals surface area (Å²) in [6, 6.07) is 0. The molecule has 2 aliphatic rings. The smallest absolute Gasteiger partial charge is 0.0759 e. The van der Waals surface area contributed by atoms with Crippen molar-refractivity contribution in [3.05, 3.63) is 0 Å². The molecule has 13 heavy (non-hydrogen) atoms. The molecule has 0 aromatic heterocycles. The third-order valence-corrected chi connectivity index (χ3v) is 5.07. The number of rotatable bonds is 2. The van der Waals surface area contributed by atoms with Crippen LogP contribution in [0.3, 0.4) is 0 Å². The van der Waals surface area contributed by atoms with E-state index in [1.54, 1.807) is 0 Å². The van der Waals surface area contributed by atoms with Crippen molar-refractivity contribution in [1.29, 1.82) is 0 Å². The quantitative estimate of drug-likeness (QED) is 0.678. The van der Waals surface area contributed by atoms with Crippen molar-refractivity contribution >= 4 is 15.9 Å². The Kier molecular flexibility index (Phi) is 2.48. The Morgan fingerprint density at radius 3 is 2.38 bits per heavy atom. The van der Waals surface area contributed by atoms with Gasteiger partial charge in [0.2, 0.25) is 0 Å². The lowest BCUT2D eigenvalue weighted by Gasteiger charge is -2.41. The van der Waals surface area contributed by atoms with Gasteiger partial charge in [-0.25, -0.2) is 0 Å². The van der Waals surface area contributed by atoms with Crippen molar-refractivity contribution in [3.8, 4) is 0 Å². The fraction of sp³-hybridized carbons (Fsp3) is 1.00. The van der Waals surface area contributed by atoms with Crippen molar-refractivity contribution in [2.45, 2.75) is 57.2 Å². The molecule has 0 aromatic rings. The molecule has 2 heteroatoms. The summed E-state index contributed by atoms with van der Waals surface area (Å²) in [5.41, 5.74) is 0.297. The first-order valence-corrected chi connectivity index (χ1v) is 6.46. The molecular weight excluding hydrogens is 228 g/mol. The molecule has 0 bridgehead atoms. The number of ether oxygens (including phenoxy) is 1. The maximum Gasteiger partial charge on any atom is 0.0759 e. The van der Waals surface area contributed by atoms with Crippen LogP contribution in [0.2, 0.25) is 0 Å². The minimum atomic E-state index is 0.102. The zero-order chi connectivity index (χ0) is 9.53. The van der Waals surface area contributed by atoms with Gasteiger partial charge in [0.05, 0.1) is 11.2 Å². The van der Waals surface area contributed by atoms with Crippen molar-refractivity contribution in [1.82, 2.24) is 0 Å². The monoisotopic (exact) mass is 246 g/mol. The summed E-state index contributed by atoms with van der Waals surface area (Å²) in [4.78, 5) is 0. The van der Waals surface area contributed by atoms with Crippen molar-refractivity contribution in [3.63, 3.8) is 0 Å². The largest absolute Gasteiger partial charge is 0.368 e. The van der Waals surface area contributed by atoms with Crippen molar-refractivity contribution in [2.75, 3.05) is 5.33 Å². The van der Waals surface area contributed by atoms with Gasteiger partial charge in [-0.2, -0.15) is 0 Å². The first-order chi connectivity index (χ1) is 6.08. The van der Waals surface area contributed by atoms with Crippen LogP contribution in [0.4, 0.5) is 0 Å². The Morgan fingerprint density at radius 2 is 2.00 bits per heavy atom. The van der Waals surface area contributed by atoms with Gasteiger partial charge >= 0.3 is 0 Å². The van der Waals surface area contributed by atoms with Gasteiger partial charge in [-0.3, -0.25) is 0 Å². The highest BCUT2D eigenvalue weighted by Crippen LogP contribution is 2.49. The molecule has 0 radical (unpaired) electrons.